The van der Waals surface area contributed by atoms with Crippen molar-refractivity contribution in [2.24, 2.45) is 5.41 Å². The summed E-state index contributed by atoms with van der Waals surface area (Å²) in [6, 6.07) is 10.7. The summed E-state index contributed by atoms with van der Waals surface area (Å²) in [5.74, 6) is 0.649. The number of imidazole rings is 1. The number of fused-ring (bicyclic) bond motifs is 1. The molecular weight excluding hydrogens is 485 g/mol. The van der Waals surface area contributed by atoms with Gasteiger partial charge in [0, 0.05) is 45.0 Å². The quantitative estimate of drug-likeness (QED) is 0.389. The molecule has 2 fully saturated rings. The number of thiazole rings is 1. The second-order valence-corrected chi connectivity index (χ2v) is 11.2. The van der Waals surface area contributed by atoms with Crippen molar-refractivity contribution in [3.63, 3.8) is 0 Å². The van der Waals surface area contributed by atoms with Crippen LogP contribution in [0.1, 0.15) is 35.9 Å². The van der Waals surface area contributed by atoms with E-state index in [4.69, 9.17) is 9.97 Å². The van der Waals surface area contributed by atoms with E-state index in [1.807, 2.05) is 11.9 Å². The second kappa shape index (κ2) is 9.12. The fourth-order valence-corrected chi connectivity index (χ4v) is 6.43. The summed E-state index contributed by atoms with van der Waals surface area (Å²) in [6.07, 6.45) is 5.42. The molecule has 2 aliphatic heterocycles. The highest BCUT2D eigenvalue weighted by molar-refractivity contribution is 7.16. The molecule has 1 N–H and O–H groups in total. The van der Waals surface area contributed by atoms with E-state index in [9.17, 15) is 9.65 Å². The summed E-state index contributed by atoms with van der Waals surface area (Å²) in [4.78, 5) is 14.9. The summed E-state index contributed by atoms with van der Waals surface area (Å²) < 4.78 is 15.7. The SMILES string of the molecule is CCc1nc2c(C)cc(N3CCC4(CC3)CNC4)cn2c1N(C)c1nc(-c2ccc(F)cc2)c(C#N)s1. The minimum Gasteiger partial charge on any atom is -0.370 e. The number of hydrogen-bond acceptors (Lipinski definition) is 7. The van der Waals surface area contributed by atoms with Crippen LogP contribution >= 0.6 is 11.3 Å². The lowest BCUT2D eigenvalue weighted by Crippen LogP contribution is -2.58. The fraction of sp³-hybridized carbons (Fsp3) is 0.393. The summed E-state index contributed by atoms with van der Waals surface area (Å²) in [6.45, 7) is 8.65. The van der Waals surface area contributed by atoms with Gasteiger partial charge >= 0.3 is 0 Å². The van der Waals surface area contributed by atoms with Gasteiger partial charge in [-0.3, -0.25) is 4.40 Å². The van der Waals surface area contributed by atoms with Gasteiger partial charge in [0.1, 0.15) is 33.9 Å². The second-order valence-electron chi connectivity index (χ2n) is 10.3. The van der Waals surface area contributed by atoms with Crippen LogP contribution in [-0.2, 0) is 6.42 Å². The molecule has 0 saturated carbocycles. The number of pyridine rings is 1. The van der Waals surface area contributed by atoms with Gasteiger partial charge in [-0.25, -0.2) is 14.4 Å². The molecule has 2 saturated heterocycles. The zero-order valence-corrected chi connectivity index (χ0v) is 22.2. The number of halogens is 1. The van der Waals surface area contributed by atoms with Crippen LogP contribution in [0, 0.1) is 29.5 Å². The van der Waals surface area contributed by atoms with E-state index in [0.29, 0.717) is 21.1 Å². The van der Waals surface area contributed by atoms with Crippen LogP contribution in [0.15, 0.2) is 36.5 Å². The number of nitrogens with one attached hydrogen (secondary N) is 1. The molecule has 37 heavy (non-hydrogen) atoms. The highest BCUT2D eigenvalue weighted by atomic mass is 32.1. The Kier molecular flexibility index (Phi) is 5.89. The van der Waals surface area contributed by atoms with E-state index in [0.717, 1.165) is 60.9 Å². The van der Waals surface area contributed by atoms with Crippen molar-refractivity contribution < 1.29 is 4.39 Å². The van der Waals surface area contributed by atoms with Gasteiger partial charge < -0.3 is 15.1 Å². The molecule has 7 nitrogen and oxygen atoms in total. The van der Waals surface area contributed by atoms with Gasteiger partial charge in [-0.05, 0) is 67.5 Å². The minimum atomic E-state index is -0.312. The average Bonchev–Trinajstić information content (AvgIpc) is 3.50. The van der Waals surface area contributed by atoms with Crippen molar-refractivity contribution in [2.45, 2.75) is 33.1 Å². The summed E-state index contributed by atoms with van der Waals surface area (Å²) in [7, 11) is 1.98. The van der Waals surface area contributed by atoms with Crippen molar-refractivity contribution >= 4 is 33.6 Å². The first-order chi connectivity index (χ1) is 17.9. The van der Waals surface area contributed by atoms with Crippen molar-refractivity contribution in [1.82, 2.24) is 19.7 Å². The maximum atomic E-state index is 13.5. The van der Waals surface area contributed by atoms with Crippen LogP contribution < -0.4 is 15.1 Å². The highest BCUT2D eigenvalue weighted by Gasteiger charge is 2.39. The number of nitrogens with zero attached hydrogens (tertiary/aromatic N) is 6. The third kappa shape index (κ3) is 4.05. The summed E-state index contributed by atoms with van der Waals surface area (Å²) in [5, 5.41) is 14.0. The first kappa shape index (κ1) is 23.9. The number of piperidine rings is 1. The minimum absolute atomic E-state index is 0.312. The van der Waals surface area contributed by atoms with Gasteiger partial charge in [0.25, 0.3) is 0 Å². The standard InChI is InChI=1S/C28H30FN7S/c1-4-22-26(34(3)27-33-24(23(14-30)37-27)19-5-7-20(29)8-6-19)36-15-21(13-18(2)25(36)32-22)35-11-9-28(10-12-35)16-31-17-28/h5-8,13,15,31H,4,9-12,16-17H2,1-3H3. The van der Waals surface area contributed by atoms with Crippen LogP contribution in [0.3, 0.4) is 0 Å². The Morgan fingerprint density at radius 2 is 1.92 bits per heavy atom. The Hall–Kier alpha value is -3.48. The van der Waals surface area contributed by atoms with Crippen LogP contribution in [0.2, 0.25) is 0 Å². The van der Waals surface area contributed by atoms with Crippen molar-refractivity contribution in [2.75, 3.05) is 43.0 Å². The molecule has 0 unspecified atom stereocenters. The molecule has 1 aromatic carbocycles. The summed E-state index contributed by atoms with van der Waals surface area (Å²) in [5.41, 5.74) is 6.08. The molecule has 5 heterocycles. The molecule has 190 valence electrons. The van der Waals surface area contributed by atoms with Crippen molar-refractivity contribution in [3.05, 3.63) is 58.5 Å². The number of hydrogen-bond donors (Lipinski definition) is 1. The van der Waals surface area contributed by atoms with E-state index < -0.39 is 0 Å². The van der Waals surface area contributed by atoms with Gasteiger partial charge in [0.2, 0.25) is 0 Å². The number of aryl methyl sites for hydroxylation is 2. The van der Waals surface area contributed by atoms with Crippen LogP contribution in [-0.4, -0.2) is 47.6 Å². The molecule has 0 aliphatic carbocycles. The fourth-order valence-electron chi connectivity index (χ4n) is 5.59. The Morgan fingerprint density at radius 3 is 2.54 bits per heavy atom. The number of benzene rings is 1. The van der Waals surface area contributed by atoms with E-state index in [-0.39, 0.29) is 5.82 Å². The van der Waals surface area contributed by atoms with Crippen LogP contribution in [0.25, 0.3) is 16.9 Å². The predicted molar refractivity (Wildman–Crippen MR) is 146 cm³/mol. The Morgan fingerprint density at radius 1 is 1.19 bits per heavy atom. The van der Waals surface area contributed by atoms with E-state index >= 15 is 0 Å². The topological polar surface area (TPSA) is 72.5 Å². The van der Waals surface area contributed by atoms with E-state index in [1.165, 1.54) is 42.0 Å². The first-order valence-electron chi connectivity index (χ1n) is 12.8. The lowest BCUT2D eigenvalue weighted by Gasteiger charge is -2.49. The smallest absolute Gasteiger partial charge is 0.192 e. The molecule has 6 rings (SSSR count). The molecule has 0 bridgehead atoms. The maximum Gasteiger partial charge on any atom is 0.192 e. The maximum absolute atomic E-state index is 13.5. The molecular formula is C28H30FN7S. The highest BCUT2D eigenvalue weighted by Crippen LogP contribution is 2.39. The number of rotatable bonds is 5. The van der Waals surface area contributed by atoms with Gasteiger partial charge in [-0.2, -0.15) is 5.26 Å². The summed E-state index contributed by atoms with van der Waals surface area (Å²) >= 11 is 1.34. The third-order valence-electron chi connectivity index (χ3n) is 7.90. The number of nitriles is 1. The van der Waals surface area contributed by atoms with Crippen molar-refractivity contribution in [1.29, 1.82) is 5.26 Å². The van der Waals surface area contributed by atoms with Gasteiger partial charge in [0.05, 0.1) is 11.4 Å². The molecule has 9 heteroatoms. The Bertz CT molecular complexity index is 1500. The molecule has 1 spiro atoms. The molecule has 0 atom stereocenters. The largest absolute Gasteiger partial charge is 0.370 e. The monoisotopic (exact) mass is 515 g/mol. The zero-order valence-electron chi connectivity index (χ0n) is 21.4. The molecule has 3 aromatic heterocycles. The third-order valence-corrected chi connectivity index (χ3v) is 8.93. The van der Waals surface area contributed by atoms with Crippen molar-refractivity contribution in [3.8, 4) is 17.3 Å². The lowest BCUT2D eigenvalue weighted by atomic mass is 9.73. The number of anilines is 3. The first-order valence-corrected chi connectivity index (χ1v) is 13.6. The van der Waals surface area contributed by atoms with Gasteiger partial charge in [-0.15, -0.1) is 0 Å². The van der Waals surface area contributed by atoms with Crippen LogP contribution in [0.5, 0.6) is 0 Å². The Balaban J connectivity index is 1.39. The zero-order chi connectivity index (χ0) is 25.7. The molecule has 0 amide bonds. The van der Waals surface area contributed by atoms with E-state index in [2.05, 4.69) is 46.8 Å². The number of aromatic nitrogens is 3. The van der Waals surface area contributed by atoms with Gasteiger partial charge in [-0.1, -0.05) is 18.3 Å². The van der Waals surface area contributed by atoms with Crippen LogP contribution in [0.4, 0.5) is 21.0 Å². The predicted octanol–water partition coefficient (Wildman–Crippen LogP) is 5.30. The lowest BCUT2D eigenvalue weighted by molar-refractivity contribution is 0.126. The molecule has 0 radical (unpaired) electrons. The molecule has 4 aromatic rings. The molecule has 2 aliphatic rings. The Labute approximate surface area is 220 Å². The van der Waals surface area contributed by atoms with E-state index in [1.54, 1.807) is 12.1 Å². The normalized spacial score (nSPS) is 16.7. The average molecular weight is 516 g/mol. The van der Waals surface area contributed by atoms with Gasteiger partial charge in [0.15, 0.2) is 5.13 Å².